The van der Waals surface area contributed by atoms with Crippen LogP contribution in [0.1, 0.15) is 38.3 Å². The maximum absolute atomic E-state index is 13.2. The molecule has 1 heterocycles. The predicted octanol–water partition coefficient (Wildman–Crippen LogP) is 7.54. The van der Waals surface area contributed by atoms with Gasteiger partial charge in [-0.3, -0.25) is 14.6 Å². The maximum atomic E-state index is 13.2. The average Bonchev–Trinajstić information content (AvgIpc) is 2.99. The number of nitrogens with one attached hydrogen (secondary N) is 2. The zero-order valence-corrected chi connectivity index (χ0v) is 21.9. The standard InChI is InChI=1S/C33H26F3N3O2/c34-33(35,36)26-15-12-23(13-16-26)28-10-4-5-11-29(28)32(41)39-27-17-14-24-19-25(21-38-30(24)20-27)31(40)37-18-6-9-22-7-2-1-3-8-22/h1-5,7-8,10-17,19-21H,6,9,18H2,(H,37,40)(H,39,41). The Hall–Kier alpha value is -4.98. The highest BCUT2D eigenvalue weighted by molar-refractivity contribution is 6.09. The summed E-state index contributed by atoms with van der Waals surface area (Å²) in [5.74, 6) is -0.615. The van der Waals surface area contributed by atoms with E-state index in [1.165, 1.54) is 23.9 Å². The molecule has 0 bridgehead atoms. The van der Waals surface area contributed by atoms with E-state index in [1.54, 1.807) is 48.5 Å². The fraction of sp³-hybridized carbons (Fsp3) is 0.121. The van der Waals surface area contributed by atoms with Gasteiger partial charge in [0, 0.05) is 29.4 Å². The summed E-state index contributed by atoms with van der Waals surface area (Å²) in [5, 5.41) is 6.51. The van der Waals surface area contributed by atoms with Gasteiger partial charge in [-0.25, -0.2) is 0 Å². The monoisotopic (exact) mass is 553 g/mol. The van der Waals surface area contributed by atoms with Crippen molar-refractivity contribution in [3.63, 3.8) is 0 Å². The van der Waals surface area contributed by atoms with Crippen molar-refractivity contribution in [1.82, 2.24) is 10.3 Å². The number of fused-ring (bicyclic) bond motifs is 1. The van der Waals surface area contributed by atoms with Crippen LogP contribution in [0.3, 0.4) is 0 Å². The number of carbonyl (C=O) groups excluding carboxylic acids is 2. The minimum absolute atomic E-state index is 0.204. The fourth-order valence-corrected chi connectivity index (χ4v) is 4.53. The van der Waals surface area contributed by atoms with Crippen LogP contribution >= 0.6 is 0 Å². The molecule has 1 aromatic heterocycles. The average molecular weight is 554 g/mol. The smallest absolute Gasteiger partial charge is 0.352 e. The number of carbonyl (C=O) groups is 2. The summed E-state index contributed by atoms with van der Waals surface area (Å²) >= 11 is 0. The van der Waals surface area contributed by atoms with Gasteiger partial charge in [0.2, 0.25) is 0 Å². The molecular formula is C33H26F3N3O2. The Labute approximate surface area is 235 Å². The number of halogens is 3. The van der Waals surface area contributed by atoms with Crippen molar-refractivity contribution in [1.29, 1.82) is 0 Å². The summed E-state index contributed by atoms with van der Waals surface area (Å²) < 4.78 is 38.9. The van der Waals surface area contributed by atoms with E-state index in [0.29, 0.717) is 40.0 Å². The number of aromatic nitrogens is 1. The molecule has 0 saturated heterocycles. The zero-order valence-electron chi connectivity index (χ0n) is 21.9. The second-order valence-corrected chi connectivity index (χ2v) is 9.55. The van der Waals surface area contributed by atoms with Crippen molar-refractivity contribution in [2.45, 2.75) is 19.0 Å². The zero-order chi connectivity index (χ0) is 28.8. The number of anilines is 1. The molecule has 5 aromatic rings. The number of amides is 2. The van der Waals surface area contributed by atoms with E-state index in [-0.39, 0.29) is 5.91 Å². The van der Waals surface area contributed by atoms with E-state index in [4.69, 9.17) is 0 Å². The lowest BCUT2D eigenvalue weighted by molar-refractivity contribution is -0.137. The molecular weight excluding hydrogens is 527 g/mol. The molecule has 0 aliphatic carbocycles. The van der Waals surface area contributed by atoms with Gasteiger partial charge in [-0.2, -0.15) is 13.2 Å². The molecule has 0 aliphatic heterocycles. The van der Waals surface area contributed by atoms with E-state index < -0.39 is 17.6 Å². The minimum Gasteiger partial charge on any atom is -0.352 e. The van der Waals surface area contributed by atoms with Gasteiger partial charge in [-0.1, -0.05) is 66.7 Å². The number of nitrogens with zero attached hydrogens (tertiary/aromatic N) is 1. The highest BCUT2D eigenvalue weighted by Crippen LogP contribution is 2.32. The Morgan fingerprint density at radius 3 is 2.27 bits per heavy atom. The Kier molecular flexibility index (Phi) is 8.10. The number of rotatable bonds is 8. The molecule has 8 heteroatoms. The molecule has 2 amide bonds. The van der Waals surface area contributed by atoms with Crippen molar-refractivity contribution >= 4 is 28.4 Å². The van der Waals surface area contributed by atoms with Crippen LogP contribution in [0.25, 0.3) is 22.0 Å². The Balaban J connectivity index is 1.25. The quantitative estimate of drug-likeness (QED) is 0.195. The van der Waals surface area contributed by atoms with Crippen LogP contribution in [-0.2, 0) is 12.6 Å². The van der Waals surface area contributed by atoms with Gasteiger partial charge in [-0.15, -0.1) is 0 Å². The van der Waals surface area contributed by atoms with Crippen molar-refractivity contribution in [2.75, 3.05) is 11.9 Å². The fourth-order valence-electron chi connectivity index (χ4n) is 4.53. The molecule has 0 radical (unpaired) electrons. The Morgan fingerprint density at radius 1 is 0.780 bits per heavy atom. The van der Waals surface area contributed by atoms with Crippen LogP contribution in [0.15, 0.2) is 109 Å². The number of alkyl halides is 3. The van der Waals surface area contributed by atoms with E-state index in [9.17, 15) is 22.8 Å². The van der Waals surface area contributed by atoms with Crippen LogP contribution in [0.5, 0.6) is 0 Å². The van der Waals surface area contributed by atoms with E-state index in [1.807, 2.05) is 18.2 Å². The summed E-state index contributed by atoms with van der Waals surface area (Å²) in [4.78, 5) is 30.2. The molecule has 41 heavy (non-hydrogen) atoms. The third kappa shape index (κ3) is 6.78. The summed E-state index contributed by atoms with van der Waals surface area (Å²) in [6.45, 7) is 0.546. The van der Waals surface area contributed by atoms with E-state index in [2.05, 4.69) is 27.8 Å². The first kappa shape index (κ1) is 27.6. The van der Waals surface area contributed by atoms with Crippen LogP contribution in [0.4, 0.5) is 18.9 Å². The molecule has 0 fully saturated rings. The van der Waals surface area contributed by atoms with Gasteiger partial charge in [0.1, 0.15) is 0 Å². The third-order valence-electron chi connectivity index (χ3n) is 6.67. The molecule has 0 unspecified atom stereocenters. The lowest BCUT2D eigenvalue weighted by Gasteiger charge is -2.12. The molecule has 0 spiro atoms. The number of hydrogen-bond acceptors (Lipinski definition) is 3. The van der Waals surface area contributed by atoms with Gasteiger partial charge in [0.15, 0.2) is 0 Å². The maximum Gasteiger partial charge on any atom is 0.416 e. The topological polar surface area (TPSA) is 71.1 Å². The molecule has 0 saturated carbocycles. The first-order valence-corrected chi connectivity index (χ1v) is 13.1. The Morgan fingerprint density at radius 2 is 1.51 bits per heavy atom. The molecule has 0 aliphatic rings. The molecule has 206 valence electrons. The van der Waals surface area contributed by atoms with Crippen molar-refractivity contribution in [3.05, 3.63) is 132 Å². The molecule has 0 atom stereocenters. The van der Waals surface area contributed by atoms with Crippen molar-refractivity contribution in [3.8, 4) is 11.1 Å². The largest absolute Gasteiger partial charge is 0.416 e. The van der Waals surface area contributed by atoms with E-state index in [0.717, 1.165) is 30.4 Å². The highest BCUT2D eigenvalue weighted by Gasteiger charge is 2.30. The molecule has 2 N–H and O–H groups in total. The number of aryl methyl sites for hydroxylation is 1. The van der Waals surface area contributed by atoms with Crippen LogP contribution in [0.2, 0.25) is 0 Å². The first-order valence-electron chi connectivity index (χ1n) is 13.1. The lowest BCUT2D eigenvalue weighted by Crippen LogP contribution is -2.24. The van der Waals surface area contributed by atoms with Crippen molar-refractivity contribution < 1.29 is 22.8 Å². The first-order chi connectivity index (χ1) is 19.8. The second kappa shape index (κ2) is 12.0. The highest BCUT2D eigenvalue weighted by atomic mass is 19.4. The van der Waals surface area contributed by atoms with Crippen LogP contribution in [-0.4, -0.2) is 23.3 Å². The van der Waals surface area contributed by atoms with Gasteiger partial charge >= 0.3 is 6.18 Å². The summed E-state index contributed by atoms with van der Waals surface area (Å²) in [7, 11) is 0. The Bertz CT molecular complexity index is 1680. The lowest BCUT2D eigenvalue weighted by atomic mass is 9.98. The summed E-state index contributed by atoms with van der Waals surface area (Å²) in [5.41, 5.74) is 3.33. The summed E-state index contributed by atoms with van der Waals surface area (Å²) in [6, 6.07) is 28.4. The van der Waals surface area contributed by atoms with Crippen molar-refractivity contribution in [2.24, 2.45) is 0 Å². The van der Waals surface area contributed by atoms with Gasteiger partial charge in [0.05, 0.1) is 16.6 Å². The predicted molar refractivity (Wildman–Crippen MR) is 154 cm³/mol. The summed E-state index contributed by atoms with van der Waals surface area (Å²) in [6.07, 6.45) is -1.24. The second-order valence-electron chi connectivity index (χ2n) is 9.55. The normalized spacial score (nSPS) is 11.3. The van der Waals surface area contributed by atoms with Crippen LogP contribution < -0.4 is 10.6 Å². The van der Waals surface area contributed by atoms with E-state index >= 15 is 0 Å². The van der Waals surface area contributed by atoms with Gasteiger partial charge < -0.3 is 10.6 Å². The molecule has 4 aromatic carbocycles. The molecule has 5 rings (SSSR count). The van der Waals surface area contributed by atoms with Crippen LogP contribution in [0, 0.1) is 0 Å². The number of benzene rings is 4. The SMILES string of the molecule is O=C(NCCCc1ccccc1)c1cnc2cc(NC(=O)c3ccccc3-c3ccc(C(F)(F)F)cc3)ccc2c1. The minimum atomic E-state index is -4.44. The van der Waals surface area contributed by atoms with Gasteiger partial charge in [0.25, 0.3) is 11.8 Å². The van der Waals surface area contributed by atoms with Gasteiger partial charge in [-0.05, 0) is 65.9 Å². The number of hydrogen-bond donors (Lipinski definition) is 2. The third-order valence-corrected chi connectivity index (χ3v) is 6.67. The number of pyridine rings is 1. The molecule has 5 nitrogen and oxygen atoms in total.